The van der Waals surface area contributed by atoms with E-state index in [1.54, 1.807) is 4.31 Å². The van der Waals surface area contributed by atoms with E-state index in [1.807, 2.05) is 84.9 Å². The van der Waals surface area contributed by atoms with Crippen molar-refractivity contribution in [2.75, 3.05) is 29.3 Å². The first-order valence-corrected chi connectivity index (χ1v) is 15.5. The fraction of sp³-hybridized carbons (Fsp3) is 0.323. The predicted octanol–water partition coefficient (Wildman–Crippen LogP) is 5.20. The van der Waals surface area contributed by atoms with Crippen LogP contribution in [0.3, 0.4) is 0 Å². The molecule has 1 aliphatic rings. The third kappa shape index (κ3) is 7.59. The van der Waals surface area contributed by atoms with Crippen LogP contribution in [0.5, 0.6) is 0 Å². The molecule has 1 fully saturated rings. The minimum atomic E-state index is -3.59. The van der Waals surface area contributed by atoms with Crippen LogP contribution in [0.1, 0.15) is 31.7 Å². The lowest BCUT2D eigenvalue weighted by molar-refractivity contribution is -0.117. The van der Waals surface area contributed by atoms with E-state index in [1.165, 1.54) is 6.39 Å². The van der Waals surface area contributed by atoms with Crippen molar-refractivity contribution in [2.45, 2.75) is 38.0 Å². The molecular weight excluding hydrogens is 538 g/mol. The molecule has 10 heteroatoms. The van der Waals surface area contributed by atoms with E-state index in [2.05, 4.69) is 27.3 Å². The van der Waals surface area contributed by atoms with Crippen LogP contribution in [0, 0.1) is 5.92 Å². The summed E-state index contributed by atoms with van der Waals surface area (Å²) in [5.74, 6) is 0.656. The van der Waals surface area contributed by atoms with Gasteiger partial charge in [-0.15, -0.1) is 10.2 Å². The first kappa shape index (κ1) is 28.5. The zero-order valence-electron chi connectivity index (χ0n) is 23.1. The van der Waals surface area contributed by atoms with Crippen LogP contribution in [-0.2, 0) is 20.6 Å². The van der Waals surface area contributed by atoms with Crippen LogP contribution in [0.4, 0.5) is 11.4 Å². The molecule has 0 saturated carbocycles. The van der Waals surface area contributed by atoms with Crippen molar-refractivity contribution in [2.24, 2.45) is 5.92 Å². The number of piperidine rings is 1. The molecule has 1 N–H and O–H groups in total. The molecule has 0 aliphatic carbocycles. The number of benzene rings is 3. The summed E-state index contributed by atoms with van der Waals surface area (Å²) < 4.78 is 33.9. The molecule has 4 aromatic rings. The smallest absolute Gasteiger partial charge is 0.247 e. The maximum atomic E-state index is 13.6. The summed E-state index contributed by atoms with van der Waals surface area (Å²) >= 11 is 0. The summed E-state index contributed by atoms with van der Waals surface area (Å²) in [6, 6.07) is 25.9. The van der Waals surface area contributed by atoms with Gasteiger partial charge in [-0.2, -0.15) is 0 Å². The lowest BCUT2D eigenvalue weighted by Gasteiger charge is -2.38. The standard InChI is InChI=1S/C31H35N5O4S/c1-24(21-36(29-10-6-3-7-11-29)41(38,39)22-26-8-4-2-5-9-26)35-18-16-25(17-19-35)20-30(37)33-28-14-12-27(13-15-28)31-34-32-23-40-31/h2-15,23-25H,16-22H2,1H3,(H,33,37)/t24-/m1/s1. The number of rotatable bonds is 11. The lowest BCUT2D eigenvalue weighted by Crippen LogP contribution is -2.48. The Morgan fingerprint density at radius 3 is 2.29 bits per heavy atom. The highest BCUT2D eigenvalue weighted by atomic mass is 32.2. The molecule has 0 spiro atoms. The van der Waals surface area contributed by atoms with Crippen molar-refractivity contribution in [1.29, 1.82) is 0 Å². The normalized spacial score (nSPS) is 15.3. The van der Waals surface area contributed by atoms with E-state index < -0.39 is 10.0 Å². The number of aromatic nitrogens is 2. The first-order chi connectivity index (χ1) is 19.9. The minimum Gasteiger partial charge on any atom is -0.423 e. The fourth-order valence-corrected chi connectivity index (χ4v) is 6.91. The van der Waals surface area contributed by atoms with Gasteiger partial charge in [0.1, 0.15) is 0 Å². The van der Waals surface area contributed by atoms with Gasteiger partial charge in [-0.25, -0.2) is 8.42 Å². The Bertz CT molecular complexity index is 1490. The van der Waals surface area contributed by atoms with Gasteiger partial charge in [-0.1, -0.05) is 48.5 Å². The molecule has 5 rings (SSSR count). The van der Waals surface area contributed by atoms with Crippen molar-refractivity contribution >= 4 is 27.3 Å². The number of carbonyl (C=O) groups excluding carboxylic acids is 1. The van der Waals surface area contributed by atoms with E-state index in [0.29, 0.717) is 24.5 Å². The van der Waals surface area contributed by atoms with Gasteiger partial charge < -0.3 is 9.73 Å². The zero-order valence-corrected chi connectivity index (χ0v) is 23.9. The Balaban J connectivity index is 1.14. The van der Waals surface area contributed by atoms with Crippen molar-refractivity contribution in [1.82, 2.24) is 15.1 Å². The van der Waals surface area contributed by atoms with Crippen molar-refractivity contribution in [3.63, 3.8) is 0 Å². The SMILES string of the molecule is C[C@H](CN(c1ccccc1)S(=O)(=O)Cc1ccccc1)N1CCC(CC(=O)Nc2ccc(-c3nnco3)cc2)CC1. The van der Waals surface area contributed by atoms with Crippen LogP contribution in [-0.4, -0.2) is 55.1 Å². The molecule has 3 aromatic carbocycles. The number of nitrogens with one attached hydrogen (secondary N) is 1. The number of hydrogen-bond acceptors (Lipinski definition) is 7. The number of likely N-dealkylation sites (tertiary alicyclic amines) is 1. The van der Waals surface area contributed by atoms with Crippen LogP contribution in [0.2, 0.25) is 0 Å². The average molecular weight is 574 g/mol. The van der Waals surface area contributed by atoms with Gasteiger partial charge in [0.2, 0.25) is 28.2 Å². The van der Waals surface area contributed by atoms with Crippen molar-refractivity contribution in [3.05, 3.63) is 96.9 Å². The Labute approximate surface area is 241 Å². The molecular formula is C31H35N5O4S. The number of hydrogen-bond donors (Lipinski definition) is 1. The fourth-order valence-electron chi connectivity index (χ4n) is 5.26. The Hall–Kier alpha value is -4.02. The highest BCUT2D eigenvalue weighted by molar-refractivity contribution is 7.92. The molecule has 0 bridgehead atoms. The van der Waals surface area contributed by atoms with E-state index in [-0.39, 0.29) is 23.6 Å². The van der Waals surface area contributed by atoms with Gasteiger partial charge in [-0.05, 0) is 80.7 Å². The number of anilines is 2. The summed E-state index contributed by atoms with van der Waals surface area (Å²) in [4.78, 5) is 15.1. The maximum absolute atomic E-state index is 13.6. The predicted molar refractivity (Wildman–Crippen MR) is 160 cm³/mol. The van der Waals surface area contributed by atoms with Crippen LogP contribution < -0.4 is 9.62 Å². The first-order valence-electron chi connectivity index (χ1n) is 13.9. The van der Waals surface area contributed by atoms with Crippen molar-refractivity contribution < 1.29 is 17.6 Å². The number of amides is 1. The molecule has 1 aliphatic heterocycles. The molecule has 41 heavy (non-hydrogen) atoms. The molecule has 2 heterocycles. The average Bonchev–Trinajstić information content (AvgIpc) is 3.52. The Kier molecular flexibility index (Phi) is 9.11. The van der Waals surface area contributed by atoms with E-state index >= 15 is 0 Å². The van der Waals surface area contributed by atoms with Gasteiger partial charge in [-0.3, -0.25) is 14.0 Å². The van der Waals surface area contributed by atoms with E-state index in [9.17, 15) is 13.2 Å². The molecule has 0 unspecified atom stereocenters. The highest BCUT2D eigenvalue weighted by Gasteiger charge is 2.29. The molecule has 1 atom stereocenters. The number of nitrogens with zero attached hydrogens (tertiary/aromatic N) is 4. The topological polar surface area (TPSA) is 109 Å². The van der Waals surface area contributed by atoms with Crippen LogP contribution >= 0.6 is 0 Å². The van der Waals surface area contributed by atoms with E-state index in [0.717, 1.165) is 42.7 Å². The minimum absolute atomic E-state index is 0.00991. The third-order valence-corrected chi connectivity index (χ3v) is 9.25. The largest absolute Gasteiger partial charge is 0.423 e. The van der Waals surface area contributed by atoms with Gasteiger partial charge >= 0.3 is 0 Å². The molecule has 1 saturated heterocycles. The lowest BCUT2D eigenvalue weighted by atomic mass is 9.92. The van der Waals surface area contributed by atoms with Crippen LogP contribution in [0.25, 0.3) is 11.5 Å². The van der Waals surface area contributed by atoms with E-state index in [4.69, 9.17) is 4.42 Å². The Morgan fingerprint density at radius 1 is 1.00 bits per heavy atom. The van der Waals surface area contributed by atoms with Crippen LogP contribution in [0.15, 0.2) is 95.7 Å². The molecule has 1 aromatic heterocycles. The van der Waals surface area contributed by atoms with Gasteiger partial charge in [0.05, 0.1) is 11.4 Å². The second kappa shape index (κ2) is 13.1. The summed E-state index contributed by atoms with van der Waals surface area (Å²) in [6.07, 6.45) is 3.51. The summed E-state index contributed by atoms with van der Waals surface area (Å²) in [7, 11) is -3.59. The number of sulfonamides is 1. The van der Waals surface area contributed by atoms with Gasteiger partial charge in [0.25, 0.3) is 0 Å². The highest BCUT2D eigenvalue weighted by Crippen LogP contribution is 2.26. The van der Waals surface area contributed by atoms with Crippen molar-refractivity contribution in [3.8, 4) is 11.5 Å². The second-order valence-electron chi connectivity index (χ2n) is 10.5. The second-order valence-corrected chi connectivity index (χ2v) is 12.4. The van der Waals surface area contributed by atoms with Gasteiger partial charge in [0, 0.05) is 30.3 Å². The molecule has 1 amide bonds. The number of carbonyl (C=O) groups is 1. The zero-order chi connectivity index (χ0) is 28.7. The number of para-hydroxylation sites is 1. The quantitative estimate of drug-likeness (QED) is 0.263. The monoisotopic (exact) mass is 573 g/mol. The maximum Gasteiger partial charge on any atom is 0.247 e. The molecule has 9 nitrogen and oxygen atoms in total. The third-order valence-electron chi connectivity index (χ3n) is 7.52. The summed E-state index contributed by atoms with van der Waals surface area (Å²) in [6.45, 7) is 4.08. The molecule has 214 valence electrons. The Morgan fingerprint density at radius 2 is 1.66 bits per heavy atom. The summed E-state index contributed by atoms with van der Waals surface area (Å²) in [5, 5.41) is 10.6. The summed E-state index contributed by atoms with van der Waals surface area (Å²) in [5.41, 5.74) is 2.96. The van der Waals surface area contributed by atoms with Gasteiger partial charge in [0.15, 0.2) is 0 Å². The molecule has 0 radical (unpaired) electrons.